The number of ether oxygens (including phenoxy) is 1. The summed E-state index contributed by atoms with van der Waals surface area (Å²) >= 11 is 1.30. The van der Waals surface area contributed by atoms with Gasteiger partial charge in [0.25, 0.3) is 5.91 Å². The molecule has 0 saturated heterocycles. The molecule has 2 atom stereocenters. The first-order valence-corrected chi connectivity index (χ1v) is 13.4. The number of hydrogen-bond donors (Lipinski definition) is 3. The van der Waals surface area contributed by atoms with Crippen molar-refractivity contribution < 1.29 is 37.0 Å². The van der Waals surface area contributed by atoms with E-state index in [1.807, 2.05) is 0 Å². The molecule has 1 aliphatic heterocycles. The number of nitrogens with one attached hydrogen (secondary N) is 1. The van der Waals surface area contributed by atoms with Crippen LogP contribution < -0.4 is 20.7 Å². The van der Waals surface area contributed by atoms with Crippen LogP contribution in [0.2, 0.25) is 0 Å². The number of nitrogens with zero attached hydrogens (tertiary/aromatic N) is 3. The number of aliphatic hydroxyl groups is 1. The normalized spacial score (nSPS) is 17.8. The molecule has 0 radical (unpaired) electrons. The Balaban J connectivity index is 1.56. The Morgan fingerprint density at radius 2 is 1.83 bits per heavy atom. The first-order valence-electron chi connectivity index (χ1n) is 12.5. The Hall–Kier alpha value is -4.30. The standard InChI is InChI=1S/C28H25F4N5O4S/c1-26(24(33)39)13-41-22-17(26)11-20(36-21(22)14-4-7-16(29)8-5-14)27(40,28(30,31)32)12-34-23(38)15-6-9-18-19(10-15)42-25(35-18)37(2)3/h4-11,40H,12-13H2,1-3H3,(H2,33,39)(H,34,38)/t26-,27?/m0/s1. The predicted octanol–water partition coefficient (Wildman–Crippen LogP) is 3.88. The molecule has 1 unspecified atom stereocenters. The van der Waals surface area contributed by atoms with Crippen LogP contribution in [0.25, 0.3) is 21.5 Å². The molecule has 5 rings (SSSR count). The summed E-state index contributed by atoms with van der Waals surface area (Å²) in [4.78, 5) is 35.6. The monoisotopic (exact) mass is 603 g/mol. The fourth-order valence-corrected chi connectivity index (χ4v) is 5.42. The van der Waals surface area contributed by atoms with Crippen LogP contribution in [0.15, 0.2) is 48.5 Å². The lowest BCUT2D eigenvalue weighted by atomic mass is 9.81. The van der Waals surface area contributed by atoms with E-state index in [4.69, 9.17) is 10.5 Å². The van der Waals surface area contributed by atoms with E-state index < -0.39 is 47.1 Å². The lowest BCUT2D eigenvalue weighted by Gasteiger charge is -2.31. The highest BCUT2D eigenvalue weighted by atomic mass is 32.1. The average Bonchev–Trinajstić information content (AvgIpc) is 3.53. The van der Waals surface area contributed by atoms with Crippen molar-refractivity contribution in [3.63, 3.8) is 0 Å². The number of alkyl halides is 3. The number of benzene rings is 2. The molecule has 42 heavy (non-hydrogen) atoms. The smallest absolute Gasteiger partial charge is 0.424 e. The molecule has 0 saturated carbocycles. The van der Waals surface area contributed by atoms with Crippen LogP contribution in [0.1, 0.15) is 28.5 Å². The SMILES string of the molecule is CN(C)c1nc2ccc(C(=O)NCC(O)(c3cc4c(c(-c5ccc(F)cc5)n3)OC[C@]4(C)C(N)=O)C(F)(F)F)cc2s1. The molecule has 9 nitrogen and oxygen atoms in total. The number of nitrogens with two attached hydrogens (primary N) is 1. The van der Waals surface area contributed by atoms with Gasteiger partial charge in [0.15, 0.2) is 5.13 Å². The van der Waals surface area contributed by atoms with Crippen LogP contribution in [0.3, 0.4) is 0 Å². The van der Waals surface area contributed by atoms with Gasteiger partial charge in [0.2, 0.25) is 11.5 Å². The molecule has 14 heteroatoms. The molecule has 0 fully saturated rings. The zero-order valence-electron chi connectivity index (χ0n) is 22.5. The molecule has 4 aromatic rings. The van der Waals surface area contributed by atoms with E-state index in [2.05, 4.69) is 15.3 Å². The maximum absolute atomic E-state index is 14.6. The molecule has 0 bridgehead atoms. The molecule has 0 aliphatic carbocycles. The van der Waals surface area contributed by atoms with Crippen molar-refractivity contribution in [1.82, 2.24) is 15.3 Å². The summed E-state index contributed by atoms with van der Waals surface area (Å²) in [5.41, 5.74) is 0.0986. The third kappa shape index (κ3) is 4.90. The highest BCUT2D eigenvalue weighted by Gasteiger charge is 2.57. The zero-order valence-corrected chi connectivity index (χ0v) is 23.4. The van der Waals surface area contributed by atoms with Crippen molar-refractivity contribution in [1.29, 1.82) is 0 Å². The van der Waals surface area contributed by atoms with Crippen molar-refractivity contribution in [2.24, 2.45) is 5.73 Å². The van der Waals surface area contributed by atoms with Gasteiger partial charge < -0.3 is 25.8 Å². The molecule has 0 spiro atoms. The topological polar surface area (TPSA) is 131 Å². The minimum atomic E-state index is -5.33. The first-order chi connectivity index (χ1) is 19.6. The molecule has 4 N–H and O–H groups in total. The van der Waals surface area contributed by atoms with Gasteiger partial charge in [0.1, 0.15) is 29.3 Å². The van der Waals surface area contributed by atoms with Crippen LogP contribution in [0.4, 0.5) is 22.7 Å². The van der Waals surface area contributed by atoms with E-state index in [-0.39, 0.29) is 34.7 Å². The first kappa shape index (κ1) is 29.2. The second-order valence-corrected chi connectivity index (χ2v) is 11.3. The Morgan fingerprint density at radius 1 is 1.14 bits per heavy atom. The highest BCUT2D eigenvalue weighted by Crippen LogP contribution is 2.47. The number of carbonyl (C=O) groups is 2. The van der Waals surface area contributed by atoms with Crippen molar-refractivity contribution in [2.45, 2.75) is 24.1 Å². The average molecular weight is 604 g/mol. The zero-order chi connectivity index (χ0) is 30.6. The fourth-order valence-electron chi connectivity index (χ4n) is 4.49. The number of rotatable bonds is 7. The van der Waals surface area contributed by atoms with Crippen molar-refractivity contribution >= 4 is 38.5 Å². The van der Waals surface area contributed by atoms with Crippen molar-refractivity contribution in [3.05, 3.63) is 71.2 Å². The highest BCUT2D eigenvalue weighted by molar-refractivity contribution is 7.22. The fraction of sp³-hybridized carbons (Fsp3) is 0.286. The number of fused-ring (bicyclic) bond motifs is 2. The minimum Gasteiger partial charge on any atom is -0.489 e. The number of pyridine rings is 1. The molecule has 2 amide bonds. The van der Waals surface area contributed by atoms with E-state index in [0.717, 1.165) is 18.2 Å². The van der Waals surface area contributed by atoms with Crippen LogP contribution in [-0.4, -0.2) is 60.3 Å². The molecule has 3 heterocycles. The third-order valence-electron chi connectivity index (χ3n) is 7.15. The van der Waals surface area contributed by atoms with Crippen LogP contribution in [0.5, 0.6) is 5.75 Å². The summed E-state index contributed by atoms with van der Waals surface area (Å²) in [5.74, 6) is -2.36. The van der Waals surface area contributed by atoms with E-state index in [0.29, 0.717) is 15.3 Å². The van der Waals surface area contributed by atoms with Gasteiger partial charge in [-0.05, 0) is 55.5 Å². The molecular weight excluding hydrogens is 578 g/mol. The van der Waals surface area contributed by atoms with Crippen LogP contribution >= 0.6 is 11.3 Å². The number of carbonyl (C=O) groups excluding carboxylic acids is 2. The van der Waals surface area contributed by atoms with E-state index in [9.17, 15) is 32.3 Å². The second-order valence-electron chi connectivity index (χ2n) is 10.3. The molecular formula is C28H25F4N5O4S. The maximum atomic E-state index is 14.6. The number of hydrogen-bond acceptors (Lipinski definition) is 8. The Morgan fingerprint density at radius 3 is 2.45 bits per heavy atom. The molecule has 2 aromatic carbocycles. The molecule has 1 aliphatic rings. The van der Waals surface area contributed by atoms with E-state index >= 15 is 0 Å². The number of anilines is 1. The summed E-state index contributed by atoms with van der Waals surface area (Å²) in [5, 5.41) is 14.0. The Labute approximate surface area is 240 Å². The summed E-state index contributed by atoms with van der Waals surface area (Å²) in [6.45, 7) is -0.194. The molecule has 2 aromatic heterocycles. The number of aromatic nitrogens is 2. The second kappa shape index (κ2) is 10.2. The van der Waals surface area contributed by atoms with Gasteiger partial charge in [-0.2, -0.15) is 13.2 Å². The Bertz CT molecular complexity index is 1710. The largest absolute Gasteiger partial charge is 0.489 e. The van der Waals surface area contributed by atoms with Gasteiger partial charge in [-0.1, -0.05) is 11.3 Å². The number of primary amides is 1. The quantitative estimate of drug-likeness (QED) is 0.274. The van der Waals surface area contributed by atoms with Gasteiger partial charge in [-0.15, -0.1) is 0 Å². The summed E-state index contributed by atoms with van der Waals surface area (Å²) in [7, 11) is 3.60. The van der Waals surface area contributed by atoms with Crippen LogP contribution in [-0.2, 0) is 15.8 Å². The number of amides is 2. The van der Waals surface area contributed by atoms with Gasteiger partial charge in [-0.3, -0.25) is 9.59 Å². The van der Waals surface area contributed by atoms with Gasteiger partial charge in [-0.25, -0.2) is 14.4 Å². The lowest BCUT2D eigenvalue weighted by molar-refractivity contribution is -0.265. The summed E-state index contributed by atoms with van der Waals surface area (Å²) in [6, 6.07) is 10.1. The number of thiazole rings is 1. The van der Waals surface area contributed by atoms with Gasteiger partial charge >= 0.3 is 6.18 Å². The van der Waals surface area contributed by atoms with E-state index in [1.165, 1.54) is 42.5 Å². The minimum absolute atomic E-state index is 0.0184. The third-order valence-corrected chi connectivity index (χ3v) is 8.34. The van der Waals surface area contributed by atoms with Gasteiger partial charge in [0, 0.05) is 30.8 Å². The molecule has 220 valence electrons. The predicted molar refractivity (Wildman–Crippen MR) is 148 cm³/mol. The maximum Gasteiger partial charge on any atom is 0.424 e. The number of halogens is 4. The lowest BCUT2D eigenvalue weighted by Crippen LogP contribution is -2.51. The van der Waals surface area contributed by atoms with E-state index in [1.54, 1.807) is 25.1 Å². The van der Waals surface area contributed by atoms with Crippen molar-refractivity contribution in [2.75, 3.05) is 32.1 Å². The summed E-state index contributed by atoms with van der Waals surface area (Å²) < 4.78 is 63.7. The van der Waals surface area contributed by atoms with Gasteiger partial charge in [0.05, 0.1) is 22.5 Å². The van der Waals surface area contributed by atoms with Crippen molar-refractivity contribution in [3.8, 4) is 17.0 Å². The van der Waals surface area contributed by atoms with Crippen LogP contribution in [0, 0.1) is 5.82 Å². The summed E-state index contributed by atoms with van der Waals surface area (Å²) in [6.07, 6.45) is -5.33. The Kier molecular flexibility index (Phi) is 7.10.